The van der Waals surface area contributed by atoms with Crippen LogP contribution in [0.2, 0.25) is 0 Å². The largest absolute Gasteiger partial charge is 0.490 e. The summed E-state index contributed by atoms with van der Waals surface area (Å²) in [5.74, 6) is -0.310. The van der Waals surface area contributed by atoms with Crippen molar-refractivity contribution < 1.29 is 24.2 Å². The summed E-state index contributed by atoms with van der Waals surface area (Å²) in [4.78, 5) is 24.9. The molecule has 0 unspecified atom stereocenters. The Morgan fingerprint density at radius 3 is 2.00 bits per heavy atom. The maximum Gasteiger partial charge on any atom is 0.337 e. The van der Waals surface area contributed by atoms with E-state index in [0.717, 1.165) is 11.1 Å². The van der Waals surface area contributed by atoms with E-state index >= 15 is 0 Å². The highest BCUT2D eigenvalue weighted by molar-refractivity contribution is 6.09. The molecule has 0 aromatic heterocycles. The van der Waals surface area contributed by atoms with Crippen molar-refractivity contribution in [2.45, 2.75) is 53.4 Å². The van der Waals surface area contributed by atoms with Crippen molar-refractivity contribution in [2.24, 2.45) is 0 Å². The number of carbonyl (C=O) groups excluding carboxylic acids is 1. The Labute approximate surface area is 178 Å². The highest BCUT2D eigenvalue weighted by atomic mass is 16.5. The molecule has 0 spiro atoms. The fourth-order valence-corrected chi connectivity index (χ4v) is 3.19. The number of hydrogen-bond acceptors (Lipinski definition) is 4. The molecule has 2 aromatic rings. The molecule has 0 saturated heterocycles. The van der Waals surface area contributed by atoms with Crippen LogP contribution < -0.4 is 14.8 Å². The van der Waals surface area contributed by atoms with Crippen molar-refractivity contribution >= 4 is 17.6 Å². The fourth-order valence-electron chi connectivity index (χ4n) is 3.19. The molecule has 2 rings (SSSR count). The van der Waals surface area contributed by atoms with E-state index < -0.39 is 5.97 Å². The molecule has 0 aliphatic heterocycles. The van der Waals surface area contributed by atoms with E-state index in [1.807, 2.05) is 32.9 Å². The minimum Gasteiger partial charge on any atom is -0.490 e. The quantitative estimate of drug-likeness (QED) is 0.552. The topological polar surface area (TPSA) is 84.9 Å². The summed E-state index contributed by atoms with van der Waals surface area (Å²) in [6.45, 7) is 12.6. The van der Waals surface area contributed by atoms with Gasteiger partial charge in [0.2, 0.25) is 0 Å². The summed E-state index contributed by atoms with van der Waals surface area (Å²) < 4.78 is 11.1. The van der Waals surface area contributed by atoms with Crippen molar-refractivity contribution in [3.63, 3.8) is 0 Å². The van der Waals surface area contributed by atoms with E-state index in [1.165, 1.54) is 12.1 Å². The van der Waals surface area contributed by atoms with Gasteiger partial charge in [0.25, 0.3) is 5.91 Å². The molecular formula is C24H31NO5. The predicted octanol–water partition coefficient (Wildman–Crippen LogP) is 5.68. The number of benzene rings is 2. The maximum absolute atomic E-state index is 13.1. The van der Waals surface area contributed by atoms with Crippen molar-refractivity contribution in [2.75, 3.05) is 18.5 Å². The van der Waals surface area contributed by atoms with Gasteiger partial charge in [-0.05, 0) is 42.9 Å². The molecule has 0 saturated carbocycles. The van der Waals surface area contributed by atoms with Gasteiger partial charge >= 0.3 is 5.97 Å². The Morgan fingerprint density at radius 2 is 1.50 bits per heavy atom. The number of aromatic carboxylic acids is 1. The zero-order valence-corrected chi connectivity index (χ0v) is 18.5. The summed E-state index contributed by atoms with van der Waals surface area (Å²) in [6.07, 6.45) is 0. The van der Waals surface area contributed by atoms with Gasteiger partial charge in [-0.3, -0.25) is 4.79 Å². The van der Waals surface area contributed by atoms with Crippen LogP contribution in [0, 0.1) is 0 Å². The van der Waals surface area contributed by atoms with Gasteiger partial charge in [-0.25, -0.2) is 4.79 Å². The number of nitrogens with one attached hydrogen (secondary N) is 1. The third-order valence-electron chi connectivity index (χ3n) is 4.77. The first-order valence-electron chi connectivity index (χ1n) is 10.3. The highest BCUT2D eigenvalue weighted by Gasteiger charge is 2.21. The Kier molecular flexibility index (Phi) is 7.86. The summed E-state index contributed by atoms with van der Waals surface area (Å²) in [5, 5.41) is 12.4. The number of carbonyl (C=O) groups is 2. The van der Waals surface area contributed by atoms with Crippen LogP contribution in [-0.4, -0.2) is 30.2 Å². The Bertz CT molecular complexity index is 918. The van der Waals surface area contributed by atoms with Gasteiger partial charge in [-0.15, -0.1) is 0 Å². The van der Waals surface area contributed by atoms with Crippen molar-refractivity contribution in [1.82, 2.24) is 0 Å². The SMILES string of the molecule is CCOc1cc(NC(=O)c2ccc(C(C)C)cc2C(C)C)c(C(=O)O)cc1OCC. The van der Waals surface area contributed by atoms with Gasteiger partial charge < -0.3 is 19.9 Å². The van der Waals surface area contributed by atoms with Gasteiger partial charge in [-0.2, -0.15) is 0 Å². The summed E-state index contributed by atoms with van der Waals surface area (Å²) in [7, 11) is 0. The van der Waals surface area contributed by atoms with E-state index in [1.54, 1.807) is 13.0 Å². The second kappa shape index (κ2) is 10.1. The van der Waals surface area contributed by atoms with Crippen LogP contribution in [0.3, 0.4) is 0 Å². The summed E-state index contributed by atoms with van der Waals surface area (Å²) in [5.41, 5.74) is 2.72. The number of carboxylic acid groups (broad SMARTS) is 1. The average Bonchev–Trinajstić information content (AvgIpc) is 2.69. The van der Waals surface area contributed by atoms with Gasteiger partial charge in [0, 0.05) is 17.7 Å². The van der Waals surface area contributed by atoms with Crippen LogP contribution in [0.5, 0.6) is 11.5 Å². The normalized spacial score (nSPS) is 10.9. The van der Waals surface area contributed by atoms with Crippen LogP contribution >= 0.6 is 0 Å². The fraction of sp³-hybridized carbons (Fsp3) is 0.417. The lowest BCUT2D eigenvalue weighted by Crippen LogP contribution is -2.18. The molecule has 6 heteroatoms. The minimum atomic E-state index is -1.16. The second-order valence-electron chi connectivity index (χ2n) is 7.63. The van der Waals surface area contributed by atoms with E-state index in [4.69, 9.17) is 9.47 Å². The van der Waals surface area contributed by atoms with Crippen LogP contribution in [0.1, 0.15) is 85.2 Å². The summed E-state index contributed by atoms with van der Waals surface area (Å²) >= 11 is 0. The van der Waals surface area contributed by atoms with E-state index in [0.29, 0.717) is 36.2 Å². The van der Waals surface area contributed by atoms with E-state index in [9.17, 15) is 14.7 Å². The van der Waals surface area contributed by atoms with Crippen LogP contribution in [0.4, 0.5) is 5.69 Å². The molecule has 0 aliphatic carbocycles. The molecule has 2 aromatic carbocycles. The smallest absolute Gasteiger partial charge is 0.337 e. The number of anilines is 1. The monoisotopic (exact) mass is 413 g/mol. The van der Waals surface area contributed by atoms with Gasteiger partial charge in [0.1, 0.15) is 0 Å². The Hall–Kier alpha value is -3.02. The average molecular weight is 414 g/mol. The lowest BCUT2D eigenvalue weighted by atomic mass is 9.91. The third kappa shape index (κ3) is 5.32. The Balaban J connectivity index is 2.49. The van der Waals surface area contributed by atoms with Crippen molar-refractivity contribution in [1.29, 1.82) is 0 Å². The standard InChI is InChI=1S/C24H31NO5/c1-7-29-21-12-19(24(27)28)20(13-22(21)30-8-2)25-23(26)17-10-9-16(14(3)4)11-18(17)15(5)6/h9-15H,7-8H2,1-6H3,(H,25,26)(H,27,28). The first kappa shape index (κ1) is 23.3. The molecule has 0 radical (unpaired) electrons. The molecule has 0 heterocycles. The molecule has 0 bridgehead atoms. The molecular weight excluding hydrogens is 382 g/mol. The number of ether oxygens (including phenoxy) is 2. The van der Waals surface area contributed by atoms with Crippen molar-refractivity contribution in [3.8, 4) is 11.5 Å². The van der Waals surface area contributed by atoms with Crippen LogP contribution in [-0.2, 0) is 0 Å². The van der Waals surface area contributed by atoms with Crippen molar-refractivity contribution in [3.05, 3.63) is 52.6 Å². The predicted molar refractivity (Wildman–Crippen MR) is 118 cm³/mol. The van der Waals surface area contributed by atoms with Crippen LogP contribution in [0.15, 0.2) is 30.3 Å². The first-order valence-corrected chi connectivity index (χ1v) is 10.3. The molecule has 1 amide bonds. The molecule has 162 valence electrons. The number of amides is 1. The van der Waals surface area contributed by atoms with E-state index in [-0.39, 0.29) is 23.1 Å². The minimum absolute atomic E-state index is 0.0554. The number of rotatable bonds is 9. The first-order chi connectivity index (χ1) is 14.2. The van der Waals surface area contributed by atoms with Gasteiger partial charge in [0.05, 0.1) is 24.5 Å². The molecule has 0 atom stereocenters. The highest BCUT2D eigenvalue weighted by Crippen LogP contribution is 2.35. The number of hydrogen-bond donors (Lipinski definition) is 2. The molecule has 0 aliphatic rings. The lowest BCUT2D eigenvalue weighted by molar-refractivity contribution is 0.0697. The summed E-state index contributed by atoms with van der Waals surface area (Å²) in [6, 6.07) is 8.68. The zero-order chi connectivity index (χ0) is 22.4. The van der Waals surface area contributed by atoms with Gasteiger partial charge in [-0.1, -0.05) is 39.8 Å². The lowest BCUT2D eigenvalue weighted by Gasteiger charge is -2.18. The second-order valence-corrected chi connectivity index (χ2v) is 7.63. The third-order valence-corrected chi connectivity index (χ3v) is 4.77. The molecule has 30 heavy (non-hydrogen) atoms. The molecule has 0 fully saturated rings. The zero-order valence-electron chi connectivity index (χ0n) is 18.5. The Morgan fingerprint density at radius 1 is 0.900 bits per heavy atom. The molecule has 2 N–H and O–H groups in total. The molecule has 6 nitrogen and oxygen atoms in total. The van der Waals surface area contributed by atoms with Gasteiger partial charge in [0.15, 0.2) is 11.5 Å². The van der Waals surface area contributed by atoms with Crippen LogP contribution in [0.25, 0.3) is 0 Å². The maximum atomic E-state index is 13.1. The van der Waals surface area contributed by atoms with E-state index in [2.05, 4.69) is 19.2 Å². The number of carboxylic acids is 1.